The molecule has 1 amide bonds. The van der Waals surface area contributed by atoms with Gasteiger partial charge in [0, 0.05) is 22.5 Å². The minimum absolute atomic E-state index is 0.210. The van der Waals surface area contributed by atoms with E-state index in [0.29, 0.717) is 21.9 Å². The molecule has 0 aliphatic rings. The minimum Gasteiger partial charge on any atom is -0.322 e. The number of hydrogen-bond donors (Lipinski definition) is 1. The Balaban J connectivity index is 1.87. The molecule has 0 atom stereocenters. The lowest BCUT2D eigenvalue weighted by molar-refractivity contribution is 0.102. The number of nitrogens with zero attached hydrogens (tertiary/aromatic N) is 3. The van der Waals surface area contributed by atoms with Gasteiger partial charge in [0.15, 0.2) is 5.65 Å². The van der Waals surface area contributed by atoms with Crippen molar-refractivity contribution < 1.29 is 4.79 Å². The van der Waals surface area contributed by atoms with E-state index in [0.717, 1.165) is 11.4 Å². The summed E-state index contributed by atoms with van der Waals surface area (Å²) in [5.74, 6) is 0.570. The molecule has 0 bridgehead atoms. The zero-order chi connectivity index (χ0) is 15.0. The van der Waals surface area contributed by atoms with Crippen molar-refractivity contribution in [2.24, 2.45) is 0 Å². The Morgan fingerprint density at radius 2 is 2.00 bits per heavy atom. The van der Waals surface area contributed by atoms with Crippen LogP contribution in [0.1, 0.15) is 21.7 Å². The minimum atomic E-state index is -0.210. The van der Waals surface area contributed by atoms with Gasteiger partial charge in [-0.2, -0.15) is 0 Å². The van der Waals surface area contributed by atoms with Gasteiger partial charge in [-0.3, -0.25) is 9.20 Å². The molecule has 5 nitrogen and oxygen atoms in total. The van der Waals surface area contributed by atoms with E-state index in [9.17, 15) is 4.79 Å². The average Bonchev–Trinajstić information content (AvgIpc) is 2.84. The molecule has 2 heterocycles. The number of halogens is 1. The molecular formula is C15H13ClN4O. The van der Waals surface area contributed by atoms with Crippen LogP contribution in [0.5, 0.6) is 0 Å². The summed E-state index contributed by atoms with van der Waals surface area (Å²) in [4.78, 5) is 12.2. The van der Waals surface area contributed by atoms with Crippen molar-refractivity contribution >= 4 is 28.8 Å². The van der Waals surface area contributed by atoms with Gasteiger partial charge in [-0.25, -0.2) is 0 Å². The highest BCUT2D eigenvalue weighted by molar-refractivity contribution is 6.31. The Kier molecular flexibility index (Phi) is 3.35. The number of benzene rings is 1. The fourth-order valence-corrected chi connectivity index (χ4v) is 2.21. The average molecular weight is 301 g/mol. The first-order valence-corrected chi connectivity index (χ1v) is 6.81. The van der Waals surface area contributed by atoms with Crippen LogP contribution in [0.15, 0.2) is 36.5 Å². The zero-order valence-electron chi connectivity index (χ0n) is 11.6. The fourth-order valence-electron chi connectivity index (χ4n) is 2.03. The maximum absolute atomic E-state index is 12.2. The Hall–Kier alpha value is -2.40. The largest absolute Gasteiger partial charge is 0.322 e. The molecule has 0 saturated heterocycles. The molecule has 0 saturated carbocycles. The predicted octanol–water partition coefficient (Wildman–Crippen LogP) is 3.25. The summed E-state index contributed by atoms with van der Waals surface area (Å²) in [6.45, 7) is 3.77. The molecule has 2 aromatic heterocycles. The van der Waals surface area contributed by atoms with Crippen LogP contribution in [0.3, 0.4) is 0 Å². The molecule has 0 aliphatic heterocycles. The van der Waals surface area contributed by atoms with E-state index in [4.69, 9.17) is 11.6 Å². The van der Waals surface area contributed by atoms with Crippen LogP contribution in [0.2, 0.25) is 5.02 Å². The molecule has 0 aliphatic carbocycles. The summed E-state index contributed by atoms with van der Waals surface area (Å²) < 4.78 is 1.82. The number of anilines is 1. The van der Waals surface area contributed by atoms with Crippen LogP contribution >= 0.6 is 11.6 Å². The quantitative estimate of drug-likeness (QED) is 0.790. The van der Waals surface area contributed by atoms with Gasteiger partial charge < -0.3 is 5.32 Å². The molecule has 0 unspecified atom stereocenters. The van der Waals surface area contributed by atoms with Crippen LogP contribution in [0.4, 0.5) is 5.69 Å². The number of carbonyl (C=O) groups excluding carboxylic acids is 1. The highest BCUT2D eigenvalue weighted by Crippen LogP contribution is 2.20. The first-order valence-electron chi connectivity index (χ1n) is 6.43. The standard InChI is InChI=1S/C15H13ClN4O/c1-9-3-4-12(8-13(9)16)17-15(21)11-5-6-20-10(2)18-19-14(20)7-11/h3-8H,1-2H3,(H,17,21). The molecule has 0 fully saturated rings. The number of aryl methyl sites for hydroxylation is 2. The monoisotopic (exact) mass is 300 g/mol. The van der Waals surface area contributed by atoms with Crippen molar-refractivity contribution in [2.45, 2.75) is 13.8 Å². The van der Waals surface area contributed by atoms with Crippen molar-refractivity contribution in [2.75, 3.05) is 5.32 Å². The molecule has 21 heavy (non-hydrogen) atoms. The number of pyridine rings is 1. The second-order valence-electron chi connectivity index (χ2n) is 4.81. The van der Waals surface area contributed by atoms with E-state index < -0.39 is 0 Å². The van der Waals surface area contributed by atoms with Crippen LogP contribution in [-0.2, 0) is 0 Å². The molecule has 6 heteroatoms. The van der Waals surface area contributed by atoms with Gasteiger partial charge in [0.1, 0.15) is 5.82 Å². The van der Waals surface area contributed by atoms with Crippen LogP contribution in [0.25, 0.3) is 5.65 Å². The molecule has 0 radical (unpaired) electrons. The Morgan fingerprint density at radius 1 is 1.19 bits per heavy atom. The Bertz CT molecular complexity index is 841. The fraction of sp³-hybridized carbons (Fsp3) is 0.133. The number of carbonyl (C=O) groups is 1. The highest BCUT2D eigenvalue weighted by Gasteiger charge is 2.09. The van der Waals surface area contributed by atoms with Gasteiger partial charge in [-0.15, -0.1) is 10.2 Å². The van der Waals surface area contributed by atoms with Crippen molar-refractivity contribution in [3.05, 3.63) is 58.5 Å². The van der Waals surface area contributed by atoms with E-state index in [-0.39, 0.29) is 5.91 Å². The first-order chi connectivity index (χ1) is 10.0. The van der Waals surface area contributed by atoms with E-state index >= 15 is 0 Å². The number of amides is 1. The van der Waals surface area contributed by atoms with E-state index in [1.165, 1.54) is 0 Å². The third kappa shape index (κ3) is 2.60. The molecule has 3 rings (SSSR count). The van der Waals surface area contributed by atoms with Crippen LogP contribution in [0, 0.1) is 13.8 Å². The molecular weight excluding hydrogens is 288 g/mol. The zero-order valence-corrected chi connectivity index (χ0v) is 12.3. The maximum Gasteiger partial charge on any atom is 0.255 e. The van der Waals surface area contributed by atoms with E-state index in [1.807, 2.05) is 30.4 Å². The van der Waals surface area contributed by atoms with Crippen molar-refractivity contribution in [3.63, 3.8) is 0 Å². The van der Waals surface area contributed by atoms with Gasteiger partial charge in [-0.05, 0) is 43.7 Å². The van der Waals surface area contributed by atoms with Gasteiger partial charge in [-0.1, -0.05) is 17.7 Å². The summed E-state index contributed by atoms with van der Waals surface area (Å²) in [6, 6.07) is 8.84. The Morgan fingerprint density at radius 3 is 2.76 bits per heavy atom. The third-order valence-corrected chi connectivity index (χ3v) is 3.68. The molecule has 3 aromatic rings. The summed E-state index contributed by atoms with van der Waals surface area (Å²) in [5, 5.41) is 11.4. The van der Waals surface area contributed by atoms with Gasteiger partial charge >= 0.3 is 0 Å². The number of nitrogens with one attached hydrogen (secondary N) is 1. The molecule has 106 valence electrons. The summed E-state index contributed by atoms with van der Waals surface area (Å²) in [5.41, 5.74) is 2.79. The van der Waals surface area contributed by atoms with Crippen molar-refractivity contribution in [1.82, 2.24) is 14.6 Å². The van der Waals surface area contributed by atoms with Gasteiger partial charge in [0.05, 0.1) is 0 Å². The number of hydrogen-bond acceptors (Lipinski definition) is 3. The van der Waals surface area contributed by atoms with E-state index in [1.54, 1.807) is 24.4 Å². The molecule has 1 aromatic carbocycles. The van der Waals surface area contributed by atoms with Crippen LogP contribution in [-0.4, -0.2) is 20.5 Å². The number of rotatable bonds is 2. The second kappa shape index (κ2) is 5.18. The molecule has 1 N–H and O–H groups in total. The van der Waals surface area contributed by atoms with Crippen LogP contribution < -0.4 is 5.32 Å². The van der Waals surface area contributed by atoms with Crippen molar-refractivity contribution in [1.29, 1.82) is 0 Å². The van der Waals surface area contributed by atoms with Crippen molar-refractivity contribution in [3.8, 4) is 0 Å². The second-order valence-corrected chi connectivity index (χ2v) is 5.22. The maximum atomic E-state index is 12.2. The first kappa shape index (κ1) is 13.6. The Labute approximate surface area is 126 Å². The summed E-state index contributed by atoms with van der Waals surface area (Å²) >= 11 is 6.05. The lowest BCUT2D eigenvalue weighted by Gasteiger charge is -2.07. The lowest BCUT2D eigenvalue weighted by Crippen LogP contribution is -2.12. The number of fused-ring (bicyclic) bond motifs is 1. The third-order valence-electron chi connectivity index (χ3n) is 3.27. The lowest BCUT2D eigenvalue weighted by atomic mass is 10.2. The summed E-state index contributed by atoms with van der Waals surface area (Å²) in [6.07, 6.45) is 1.78. The number of aromatic nitrogens is 3. The van der Waals surface area contributed by atoms with Gasteiger partial charge in [0.25, 0.3) is 5.91 Å². The topological polar surface area (TPSA) is 59.3 Å². The predicted molar refractivity (Wildman–Crippen MR) is 81.9 cm³/mol. The molecule has 0 spiro atoms. The van der Waals surface area contributed by atoms with Gasteiger partial charge in [0.2, 0.25) is 0 Å². The SMILES string of the molecule is Cc1ccc(NC(=O)c2ccn3c(C)nnc3c2)cc1Cl. The normalized spacial score (nSPS) is 10.8. The smallest absolute Gasteiger partial charge is 0.255 e. The summed E-state index contributed by atoms with van der Waals surface area (Å²) in [7, 11) is 0. The van der Waals surface area contributed by atoms with E-state index in [2.05, 4.69) is 15.5 Å². The highest BCUT2D eigenvalue weighted by atomic mass is 35.5.